The highest BCUT2D eigenvalue weighted by molar-refractivity contribution is 8.26. The summed E-state index contributed by atoms with van der Waals surface area (Å²) in [4.78, 5) is 25.8. The van der Waals surface area contributed by atoms with Crippen LogP contribution in [-0.2, 0) is 4.79 Å². The predicted molar refractivity (Wildman–Crippen MR) is 128 cm³/mol. The molecule has 1 aromatic heterocycles. The quantitative estimate of drug-likeness (QED) is 0.275. The fourth-order valence-electron chi connectivity index (χ4n) is 2.94. The summed E-state index contributed by atoms with van der Waals surface area (Å²) in [5.41, 5.74) is 4.09. The largest absolute Gasteiger partial charge is 0.478 e. The number of carboxylic acids is 1. The molecular formula is C22H16N2O4S3. The summed E-state index contributed by atoms with van der Waals surface area (Å²) in [5, 5.41) is 10.5. The van der Waals surface area contributed by atoms with E-state index in [9.17, 15) is 14.7 Å². The third-order valence-corrected chi connectivity index (χ3v) is 6.47. The van der Waals surface area contributed by atoms with Gasteiger partial charge in [0.1, 0.15) is 11.5 Å². The molecule has 0 radical (unpaired) electrons. The molecule has 1 aliphatic heterocycles. The molecule has 0 atom stereocenters. The van der Waals surface area contributed by atoms with E-state index in [4.69, 9.17) is 16.6 Å². The van der Waals surface area contributed by atoms with Crippen LogP contribution in [-0.4, -0.2) is 32.6 Å². The third-order valence-electron chi connectivity index (χ3n) is 4.44. The van der Waals surface area contributed by atoms with Crippen molar-refractivity contribution in [1.82, 2.24) is 5.01 Å². The van der Waals surface area contributed by atoms with Gasteiger partial charge in [-0.15, -0.1) is 11.8 Å². The average molecular weight is 469 g/mol. The number of para-hydroxylation sites is 1. The summed E-state index contributed by atoms with van der Waals surface area (Å²) in [7, 11) is 0. The SMILES string of the molecule is CSc1cccc(-c2ccc(C=C3SC(=S)N(Nc4ccccc4C(=O)O)C3=O)o2)c1. The number of hydrazine groups is 1. The summed E-state index contributed by atoms with van der Waals surface area (Å²) < 4.78 is 6.18. The van der Waals surface area contributed by atoms with E-state index < -0.39 is 5.97 Å². The van der Waals surface area contributed by atoms with Crippen LogP contribution in [0.2, 0.25) is 0 Å². The zero-order chi connectivity index (χ0) is 22.0. The molecule has 9 heteroatoms. The van der Waals surface area contributed by atoms with Crippen LogP contribution in [0.1, 0.15) is 16.1 Å². The normalized spacial score (nSPS) is 15.0. The first-order valence-electron chi connectivity index (χ1n) is 9.07. The summed E-state index contributed by atoms with van der Waals surface area (Å²) in [6.07, 6.45) is 3.64. The molecule has 2 aromatic carbocycles. The number of hydrogen-bond donors (Lipinski definition) is 2. The summed E-state index contributed by atoms with van der Waals surface area (Å²) in [6.45, 7) is 0. The lowest BCUT2D eigenvalue weighted by molar-refractivity contribution is -0.121. The molecule has 6 nitrogen and oxygen atoms in total. The van der Waals surface area contributed by atoms with Gasteiger partial charge in [-0.3, -0.25) is 10.2 Å². The van der Waals surface area contributed by atoms with Gasteiger partial charge in [0, 0.05) is 16.5 Å². The number of carbonyl (C=O) groups is 2. The topological polar surface area (TPSA) is 82.8 Å². The second kappa shape index (κ2) is 9.01. The highest BCUT2D eigenvalue weighted by Crippen LogP contribution is 2.34. The molecule has 1 saturated heterocycles. The predicted octanol–water partition coefficient (Wildman–Crippen LogP) is 5.60. The van der Waals surface area contributed by atoms with Gasteiger partial charge in [-0.1, -0.05) is 36.0 Å². The van der Waals surface area contributed by atoms with Crippen molar-refractivity contribution >= 4 is 63.7 Å². The Bertz CT molecular complexity index is 1220. The van der Waals surface area contributed by atoms with Crippen LogP contribution in [0.5, 0.6) is 0 Å². The molecule has 1 aliphatic rings. The molecule has 1 fully saturated rings. The number of carbonyl (C=O) groups excluding carboxylic acids is 1. The van der Waals surface area contributed by atoms with Gasteiger partial charge in [0.15, 0.2) is 4.32 Å². The average Bonchev–Trinajstić information content (AvgIpc) is 3.34. The van der Waals surface area contributed by atoms with E-state index in [1.54, 1.807) is 42.1 Å². The standard InChI is InChI=1S/C22H16N2O4S3/c1-30-15-6-4-5-13(11-15)18-10-9-14(28-18)12-19-20(25)24(22(29)31-19)23-17-8-3-2-7-16(17)21(26)27/h2-12,23H,1H3,(H,26,27). The van der Waals surface area contributed by atoms with Gasteiger partial charge in [-0.05, 0) is 54.9 Å². The lowest BCUT2D eigenvalue weighted by Gasteiger charge is -2.18. The van der Waals surface area contributed by atoms with E-state index in [1.165, 1.54) is 11.1 Å². The van der Waals surface area contributed by atoms with Crippen molar-refractivity contribution in [2.75, 3.05) is 11.7 Å². The number of thiocarbonyl (C=S) groups is 1. The van der Waals surface area contributed by atoms with E-state index in [-0.39, 0.29) is 21.5 Å². The van der Waals surface area contributed by atoms with Crippen molar-refractivity contribution in [3.05, 3.63) is 76.9 Å². The second-order valence-electron chi connectivity index (χ2n) is 6.41. The Balaban J connectivity index is 1.55. The zero-order valence-corrected chi connectivity index (χ0v) is 18.6. The molecular weight excluding hydrogens is 452 g/mol. The Morgan fingerprint density at radius 2 is 2.00 bits per heavy atom. The molecule has 3 aromatic rings. The number of thioether (sulfide) groups is 2. The summed E-state index contributed by atoms with van der Waals surface area (Å²) in [6, 6.07) is 18.0. The fraction of sp³-hybridized carbons (Fsp3) is 0.0455. The number of rotatable bonds is 6. The number of nitrogens with zero attached hydrogens (tertiary/aromatic N) is 1. The van der Waals surface area contributed by atoms with E-state index in [0.717, 1.165) is 22.2 Å². The maximum atomic E-state index is 12.9. The van der Waals surface area contributed by atoms with E-state index in [1.807, 2.05) is 36.6 Å². The van der Waals surface area contributed by atoms with Crippen molar-refractivity contribution in [2.45, 2.75) is 4.90 Å². The van der Waals surface area contributed by atoms with Crippen LogP contribution in [0.4, 0.5) is 5.69 Å². The van der Waals surface area contributed by atoms with Gasteiger partial charge in [0.25, 0.3) is 5.91 Å². The number of anilines is 1. The Kier molecular flexibility index (Phi) is 6.17. The lowest BCUT2D eigenvalue weighted by Crippen LogP contribution is -2.34. The zero-order valence-electron chi connectivity index (χ0n) is 16.2. The minimum absolute atomic E-state index is 0.0451. The van der Waals surface area contributed by atoms with Crippen molar-refractivity contribution in [1.29, 1.82) is 0 Å². The van der Waals surface area contributed by atoms with Crippen LogP contribution in [0, 0.1) is 0 Å². The Hall–Kier alpha value is -3.01. The van der Waals surface area contributed by atoms with Crippen LogP contribution >= 0.6 is 35.7 Å². The lowest BCUT2D eigenvalue weighted by atomic mass is 10.2. The Morgan fingerprint density at radius 3 is 2.77 bits per heavy atom. The van der Waals surface area contributed by atoms with E-state index in [2.05, 4.69) is 5.43 Å². The second-order valence-corrected chi connectivity index (χ2v) is 8.97. The monoisotopic (exact) mass is 468 g/mol. The fourth-order valence-corrected chi connectivity index (χ4v) is 4.56. The molecule has 4 rings (SSSR count). The van der Waals surface area contributed by atoms with Crippen LogP contribution in [0.25, 0.3) is 17.4 Å². The van der Waals surface area contributed by atoms with E-state index >= 15 is 0 Å². The number of hydrogen-bond acceptors (Lipinski definition) is 7. The molecule has 156 valence electrons. The molecule has 0 bridgehead atoms. The number of nitrogens with one attached hydrogen (secondary N) is 1. The number of benzene rings is 2. The number of furan rings is 1. The summed E-state index contributed by atoms with van der Waals surface area (Å²) in [5.74, 6) is -0.252. The van der Waals surface area contributed by atoms with Gasteiger partial charge < -0.3 is 9.52 Å². The molecule has 0 spiro atoms. The van der Waals surface area contributed by atoms with Crippen LogP contribution < -0.4 is 5.43 Å². The smallest absolute Gasteiger partial charge is 0.337 e. The molecule has 0 saturated carbocycles. The highest BCUT2D eigenvalue weighted by atomic mass is 32.2. The van der Waals surface area contributed by atoms with Crippen molar-refractivity contribution in [3.63, 3.8) is 0 Å². The molecule has 31 heavy (non-hydrogen) atoms. The van der Waals surface area contributed by atoms with Crippen molar-refractivity contribution in [3.8, 4) is 11.3 Å². The number of aromatic carboxylic acids is 1. The first-order chi connectivity index (χ1) is 15.0. The first-order valence-corrected chi connectivity index (χ1v) is 11.5. The van der Waals surface area contributed by atoms with Gasteiger partial charge in [0.2, 0.25) is 0 Å². The van der Waals surface area contributed by atoms with Gasteiger partial charge in [0.05, 0.1) is 16.2 Å². The third kappa shape index (κ3) is 4.53. The maximum Gasteiger partial charge on any atom is 0.337 e. The highest BCUT2D eigenvalue weighted by Gasteiger charge is 2.33. The maximum absolute atomic E-state index is 12.9. The van der Waals surface area contributed by atoms with Crippen molar-refractivity contribution in [2.24, 2.45) is 0 Å². The van der Waals surface area contributed by atoms with Gasteiger partial charge in [-0.2, -0.15) is 0 Å². The first kappa shape index (κ1) is 21.2. The molecule has 0 unspecified atom stereocenters. The molecule has 1 amide bonds. The van der Waals surface area contributed by atoms with Crippen LogP contribution in [0.3, 0.4) is 0 Å². The van der Waals surface area contributed by atoms with E-state index in [0.29, 0.717) is 16.4 Å². The Labute approximate surface area is 192 Å². The minimum Gasteiger partial charge on any atom is -0.478 e. The summed E-state index contributed by atoms with van der Waals surface area (Å²) >= 11 is 8.08. The number of carboxylic acid groups (broad SMARTS) is 1. The minimum atomic E-state index is -1.10. The number of amides is 1. The van der Waals surface area contributed by atoms with Gasteiger partial charge >= 0.3 is 5.97 Å². The van der Waals surface area contributed by atoms with Gasteiger partial charge in [-0.25, -0.2) is 9.80 Å². The molecule has 0 aliphatic carbocycles. The molecule has 2 N–H and O–H groups in total. The molecule has 2 heterocycles. The van der Waals surface area contributed by atoms with Crippen molar-refractivity contribution < 1.29 is 19.1 Å². The Morgan fingerprint density at radius 1 is 1.19 bits per heavy atom. The van der Waals surface area contributed by atoms with Crippen LogP contribution in [0.15, 0.2) is 74.9 Å².